The fourth-order valence-corrected chi connectivity index (χ4v) is 5.05. The van der Waals surface area contributed by atoms with E-state index in [0.717, 1.165) is 103 Å². The standard InChI is InChI=1S/C30H53O12/c1-5-13-31-25(9-1)35-17-21-39-29(40-22-18-36-26-10-2-6-14-32-26)30(41-23-19-37-27-11-3-7-15-33-27)42-24-20-38-28-12-4-8-16-34-28/h25-29H,1-24H2. The fourth-order valence-electron chi connectivity index (χ4n) is 5.05. The minimum atomic E-state index is -0.895. The van der Waals surface area contributed by atoms with Gasteiger partial charge in [0.1, 0.15) is 0 Å². The van der Waals surface area contributed by atoms with Crippen LogP contribution in [0.5, 0.6) is 0 Å². The maximum Gasteiger partial charge on any atom is 0.282 e. The monoisotopic (exact) mass is 605 g/mol. The first kappa shape index (κ1) is 34.4. The summed E-state index contributed by atoms with van der Waals surface area (Å²) < 4.78 is 70.2. The highest BCUT2D eigenvalue weighted by atomic mass is 16.8. The second kappa shape index (κ2) is 22.1. The molecule has 0 saturated carbocycles. The van der Waals surface area contributed by atoms with Crippen molar-refractivity contribution >= 4 is 0 Å². The second-order valence-corrected chi connectivity index (χ2v) is 10.8. The normalized spacial score (nSPS) is 28.2. The summed E-state index contributed by atoms with van der Waals surface area (Å²) in [5.74, 6) is 0. The summed E-state index contributed by atoms with van der Waals surface area (Å²) in [4.78, 5) is 0. The van der Waals surface area contributed by atoms with Gasteiger partial charge in [-0.2, -0.15) is 0 Å². The van der Waals surface area contributed by atoms with Crippen molar-refractivity contribution in [1.82, 2.24) is 0 Å². The predicted octanol–water partition coefficient (Wildman–Crippen LogP) is 4.04. The first-order valence-electron chi connectivity index (χ1n) is 16.2. The SMILES string of the molecule is C1CCC(OCCO[C](OCCOC2CCCCO2)C(OCCOC2CCCCO2)OCCOC2CCCCO2)OC1. The average Bonchev–Trinajstić information content (AvgIpc) is 3.05. The third-order valence-corrected chi connectivity index (χ3v) is 7.32. The highest BCUT2D eigenvalue weighted by molar-refractivity contribution is 4.73. The van der Waals surface area contributed by atoms with Crippen molar-refractivity contribution in [2.45, 2.75) is 108 Å². The lowest BCUT2D eigenvalue weighted by Crippen LogP contribution is -2.35. The highest BCUT2D eigenvalue weighted by Crippen LogP contribution is 2.20. The maximum atomic E-state index is 6.07. The van der Waals surface area contributed by atoms with Crippen LogP contribution in [0.2, 0.25) is 0 Å². The summed E-state index contributed by atoms with van der Waals surface area (Å²) in [5, 5.41) is 0. The Bertz CT molecular complexity index is 528. The first-order valence-corrected chi connectivity index (χ1v) is 16.2. The van der Waals surface area contributed by atoms with E-state index in [1.165, 1.54) is 0 Å². The molecule has 0 bridgehead atoms. The van der Waals surface area contributed by atoms with Crippen LogP contribution >= 0.6 is 0 Å². The van der Waals surface area contributed by atoms with Crippen molar-refractivity contribution in [3.05, 3.63) is 6.29 Å². The molecule has 1 radical (unpaired) electrons. The van der Waals surface area contributed by atoms with E-state index in [1.807, 2.05) is 0 Å². The Morgan fingerprint density at radius 2 is 0.762 bits per heavy atom. The third-order valence-electron chi connectivity index (χ3n) is 7.32. The minimum Gasteiger partial charge on any atom is -0.353 e. The van der Waals surface area contributed by atoms with Gasteiger partial charge in [-0.25, -0.2) is 0 Å². The van der Waals surface area contributed by atoms with Crippen LogP contribution in [0.25, 0.3) is 0 Å². The van der Waals surface area contributed by atoms with Crippen LogP contribution in [0.3, 0.4) is 0 Å². The summed E-state index contributed by atoms with van der Waals surface area (Å²) in [5.41, 5.74) is 0. The van der Waals surface area contributed by atoms with Gasteiger partial charge < -0.3 is 56.8 Å². The van der Waals surface area contributed by atoms with Crippen LogP contribution in [0.1, 0.15) is 77.0 Å². The Labute approximate surface area is 251 Å². The van der Waals surface area contributed by atoms with E-state index < -0.39 is 6.29 Å². The van der Waals surface area contributed by atoms with Gasteiger partial charge in [-0.1, -0.05) is 0 Å². The lowest BCUT2D eigenvalue weighted by atomic mass is 10.2. The smallest absolute Gasteiger partial charge is 0.282 e. The van der Waals surface area contributed by atoms with Gasteiger partial charge >= 0.3 is 0 Å². The largest absolute Gasteiger partial charge is 0.353 e. The average molecular weight is 606 g/mol. The zero-order valence-corrected chi connectivity index (χ0v) is 25.3. The van der Waals surface area contributed by atoms with Crippen LogP contribution in [-0.2, 0) is 56.8 Å². The van der Waals surface area contributed by atoms with Crippen molar-refractivity contribution < 1.29 is 56.8 Å². The van der Waals surface area contributed by atoms with E-state index in [0.29, 0.717) is 26.4 Å². The summed E-state index contributed by atoms with van der Waals surface area (Å²) in [7, 11) is 0. The molecule has 245 valence electrons. The number of hydrogen-bond acceptors (Lipinski definition) is 12. The summed E-state index contributed by atoms with van der Waals surface area (Å²) in [6, 6.07) is 0. The molecule has 0 spiro atoms. The third kappa shape index (κ3) is 14.5. The van der Waals surface area contributed by atoms with Gasteiger partial charge in [-0.3, -0.25) is 0 Å². The van der Waals surface area contributed by atoms with Crippen molar-refractivity contribution in [2.24, 2.45) is 0 Å². The van der Waals surface area contributed by atoms with E-state index in [-0.39, 0.29) is 57.9 Å². The molecule has 0 aliphatic carbocycles. The Morgan fingerprint density at radius 3 is 1.07 bits per heavy atom. The van der Waals surface area contributed by atoms with Gasteiger partial charge in [0, 0.05) is 26.4 Å². The molecule has 0 amide bonds. The zero-order chi connectivity index (χ0) is 28.9. The quantitative estimate of drug-likeness (QED) is 0.139. The maximum absolute atomic E-state index is 6.07. The van der Waals surface area contributed by atoms with Gasteiger partial charge in [0.05, 0.1) is 52.9 Å². The topological polar surface area (TPSA) is 111 Å². The molecule has 4 heterocycles. The van der Waals surface area contributed by atoms with E-state index in [4.69, 9.17) is 56.8 Å². The molecule has 12 heteroatoms. The molecule has 0 N–H and O–H groups in total. The molecule has 12 nitrogen and oxygen atoms in total. The van der Waals surface area contributed by atoms with Crippen molar-refractivity contribution in [3.63, 3.8) is 0 Å². The number of rotatable bonds is 21. The van der Waals surface area contributed by atoms with Gasteiger partial charge in [0.2, 0.25) is 6.29 Å². The summed E-state index contributed by atoms with van der Waals surface area (Å²) in [6.07, 6.45) is 10.8. The molecular weight excluding hydrogens is 552 g/mol. The Balaban J connectivity index is 1.24. The molecular formula is C30H53O12. The lowest BCUT2D eigenvalue weighted by Gasteiger charge is -2.28. The highest BCUT2D eigenvalue weighted by Gasteiger charge is 2.29. The molecule has 42 heavy (non-hydrogen) atoms. The van der Waals surface area contributed by atoms with E-state index in [2.05, 4.69) is 0 Å². The molecule has 4 rings (SSSR count). The van der Waals surface area contributed by atoms with Crippen LogP contribution < -0.4 is 0 Å². The Kier molecular flexibility index (Phi) is 18.1. The van der Waals surface area contributed by atoms with Gasteiger partial charge in [-0.15, -0.1) is 0 Å². The van der Waals surface area contributed by atoms with E-state index >= 15 is 0 Å². The van der Waals surface area contributed by atoms with Crippen LogP contribution in [-0.4, -0.2) is 111 Å². The molecule has 0 aromatic heterocycles. The second-order valence-electron chi connectivity index (χ2n) is 10.8. The van der Waals surface area contributed by atoms with Crippen molar-refractivity contribution in [1.29, 1.82) is 0 Å². The molecule has 4 aliphatic heterocycles. The van der Waals surface area contributed by atoms with Gasteiger partial charge in [-0.05, 0) is 77.0 Å². The molecule has 0 aromatic rings. The molecule has 4 atom stereocenters. The summed E-state index contributed by atoms with van der Waals surface area (Å²) in [6.45, 7) is 5.36. The van der Waals surface area contributed by atoms with E-state index in [1.54, 1.807) is 0 Å². The fraction of sp³-hybridized carbons (Fsp3) is 0.967. The number of hydrogen-bond donors (Lipinski definition) is 0. The Hall–Kier alpha value is -0.480. The minimum absolute atomic E-state index is 0.195. The van der Waals surface area contributed by atoms with Crippen molar-refractivity contribution in [3.8, 4) is 0 Å². The van der Waals surface area contributed by atoms with Gasteiger partial charge in [0.15, 0.2) is 25.2 Å². The van der Waals surface area contributed by atoms with E-state index in [9.17, 15) is 0 Å². The summed E-state index contributed by atoms with van der Waals surface area (Å²) >= 11 is 0. The molecule has 4 saturated heterocycles. The van der Waals surface area contributed by atoms with Crippen molar-refractivity contribution in [2.75, 3.05) is 79.3 Å². The molecule has 4 aliphatic rings. The molecule has 4 unspecified atom stereocenters. The zero-order valence-electron chi connectivity index (χ0n) is 25.3. The van der Waals surface area contributed by atoms with Gasteiger partial charge in [0.25, 0.3) is 6.29 Å². The lowest BCUT2D eigenvalue weighted by molar-refractivity contribution is -0.251. The molecule has 4 fully saturated rings. The number of ether oxygens (including phenoxy) is 12. The molecule has 0 aromatic carbocycles. The predicted molar refractivity (Wildman–Crippen MR) is 149 cm³/mol. The van der Waals surface area contributed by atoms with Crippen LogP contribution in [0.4, 0.5) is 0 Å². The first-order chi connectivity index (χ1) is 20.9. The van der Waals surface area contributed by atoms with Crippen LogP contribution in [0, 0.1) is 6.29 Å². The van der Waals surface area contributed by atoms with Crippen LogP contribution in [0.15, 0.2) is 0 Å². The Morgan fingerprint density at radius 1 is 0.429 bits per heavy atom.